The molecule has 0 aromatic carbocycles. The molecule has 4 nitrogen and oxygen atoms in total. The third-order valence-corrected chi connectivity index (χ3v) is 3.52. The van der Waals surface area contributed by atoms with Crippen molar-refractivity contribution in [1.82, 2.24) is 15.5 Å². The van der Waals surface area contributed by atoms with E-state index in [4.69, 9.17) is 0 Å². The number of guanidine groups is 1. The van der Waals surface area contributed by atoms with Gasteiger partial charge in [0.05, 0.1) is 0 Å². The zero-order valence-corrected chi connectivity index (χ0v) is 13.4. The lowest BCUT2D eigenvalue weighted by atomic mass is 9.97. The molecule has 0 saturated carbocycles. The molecule has 0 aromatic rings. The van der Waals surface area contributed by atoms with E-state index in [9.17, 15) is 0 Å². The minimum atomic E-state index is 0.0618. The average Bonchev–Trinajstić information content (AvgIpc) is 2.35. The van der Waals surface area contributed by atoms with Crippen LogP contribution in [0.2, 0.25) is 0 Å². The molecule has 0 amide bonds. The summed E-state index contributed by atoms with van der Waals surface area (Å²) in [5.74, 6) is 1.70. The SMILES string of the molecule is CCCN1CCC(CNC(=NC)NC(C)(C)C)CC1. The van der Waals surface area contributed by atoms with E-state index in [0.29, 0.717) is 0 Å². The van der Waals surface area contributed by atoms with Crippen molar-refractivity contribution in [2.75, 3.05) is 33.2 Å². The molecule has 1 aliphatic heterocycles. The molecule has 0 unspecified atom stereocenters. The van der Waals surface area contributed by atoms with E-state index in [1.165, 1.54) is 38.9 Å². The van der Waals surface area contributed by atoms with E-state index in [-0.39, 0.29) is 5.54 Å². The number of nitrogens with zero attached hydrogens (tertiary/aromatic N) is 2. The molecule has 0 bridgehead atoms. The van der Waals surface area contributed by atoms with Gasteiger partial charge in [-0.25, -0.2) is 0 Å². The van der Waals surface area contributed by atoms with E-state index < -0.39 is 0 Å². The molecule has 4 heteroatoms. The van der Waals surface area contributed by atoms with Crippen LogP contribution in [-0.4, -0.2) is 49.6 Å². The molecule has 0 radical (unpaired) electrons. The monoisotopic (exact) mass is 268 g/mol. The number of aliphatic imine (C=N–C) groups is 1. The second-order valence-corrected chi connectivity index (χ2v) is 6.61. The first-order valence-corrected chi connectivity index (χ1v) is 7.65. The molecule has 0 aliphatic carbocycles. The van der Waals surface area contributed by atoms with E-state index >= 15 is 0 Å². The predicted octanol–water partition coefficient (Wildman–Crippen LogP) is 2.07. The Morgan fingerprint density at radius 2 is 1.89 bits per heavy atom. The van der Waals surface area contributed by atoms with Crippen molar-refractivity contribution in [3.8, 4) is 0 Å². The molecule has 1 saturated heterocycles. The summed E-state index contributed by atoms with van der Waals surface area (Å²) < 4.78 is 0. The summed E-state index contributed by atoms with van der Waals surface area (Å²) >= 11 is 0. The first kappa shape index (κ1) is 16.3. The lowest BCUT2D eigenvalue weighted by molar-refractivity contribution is 0.185. The van der Waals surface area contributed by atoms with Crippen molar-refractivity contribution in [1.29, 1.82) is 0 Å². The summed E-state index contributed by atoms with van der Waals surface area (Å²) in [7, 11) is 1.84. The first-order chi connectivity index (χ1) is 8.94. The van der Waals surface area contributed by atoms with Crippen LogP contribution in [-0.2, 0) is 0 Å². The van der Waals surface area contributed by atoms with E-state index in [2.05, 4.69) is 48.2 Å². The van der Waals surface area contributed by atoms with E-state index in [1.54, 1.807) is 0 Å². The summed E-state index contributed by atoms with van der Waals surface area (Å²) in [6, 6.07) is 0. The van der Waals surface area contributed by atoms with Crippen molar-refractivity contribution in [2.45, 2.75) is 52.5 Å². The average molecular weight is 268 g/mol. The lowest BCUT2D eigenvalue weighted by Gasteiger charge is -2.32. The molecule has 1 heterocycles. The van der Waals surface area contributed by atoms with Crippen molar-refractivity contribution in [2.24, 2.45) is 10.9 Å². The third-order valence-electron chi connectivity index (χ3n) is 3.52. The fraction of sp³-hybridized carbons (Fsp3) is 0.933. The summed E-state index contributed by atoms with van der Waals surface area (Å²) in [5, 5.41) is 6.87. The number of hydrogen-bond acceptors (Lipinski definition) is 2. The van der Waals surface area contributed by atoms with Gasteiger partial charge in [-0.2, -0.15) is 0 Å². The van der Waals surface area contributed by atoms with Crippen LogP contribution >= 0.6 is 0 Å². The highest BCUT2D eigenvalue weighted by Crippen LogP contribution is 2.16. The first-order valence-electron chi connectivity index (χ1n) is 7.65. The number of rotatable bonds is 4. The Kier molecular flexibility index (Phi) is 6.63. The zero-order valence-electron chi connectivity index (χ0n) is 13.4. The quantitative estimate of drug-likeness (QED) is 0.606. The predicted molar refractivity (Wildman–Crippen MR) is 83.7 cm³/mol. The number of likely N-dealkylation sites (tertiary alicyclic amines) is 1. The van der Waals surface area contributed by atoms with Crippen LogP contribution in [0.15, 0.2) is 4.99 Å². The van der Waals surface area contributed by atoms with Crippen LogP contribution < -0.4 is 10.6 Å². The normalized spacial score (nSPS) is 19.5. The Morgan fingerprint density at radius 1 is 1.26 bits per heavy atom. The molecule has 0 atom stereocenters. The number of nitrogens with one attached hydrogen (secondary N) is 2. The van der Waals surface area contributed by atoms with Gasteiger partial charge < -0.3 is 15.5 Å². The van der Waals surface area contributed by atoms with Crippen LogP contribution in [0, 0.1) is 5.92 Å². The Hall–Kier alpha value is -0.770. The smallest absolute Gasteiger partial charge is 0.191 e. The maximum absolute atomic E-state index is 4.29. The van der Waals surface area contributed by atoms with Gasteiger partial charge in [0.15, 0.2) is 5.96 Å². The standard InChI is InChI=1S/C15H32N4/c1-6-9-19-10-7-13(8-11-19)12-17-14(16-5)18-15(2,3)4/h13H,6-12H2,1-5H3,(H2,16,17,18). The van der Waals surface area contributed by atoms with Gasteiger partial charge in [0.1, 0.15) is 0 Å². The van der Waals surface area contributed by atoms with Gasteiger partial charge in [0, 0.05) is 19.1 Å². The van der Waals surface area contributed by atoms with Crippen molar-refractivity contribution in [3.63, 3.8) is 0 Å². The van der Waals surface area contributed by atoms with Crippen molar-refractivity contribution < 1.29 is 0 Å². The molecular weight excluding hydrogens is 236 g/mol. The summed E-state index contributed by atoms with van der Waals surface area (Å²) in [6.07, 6.45) is 3.88. The van der Waals surface area contributed by atoms with Gasteiger partial charge >= 0.3 is 0 Å². The van der Waals surface area contributed by atoms with Crippen molar-refractivity contribution in [3.05, 3.63) is 0 Å². The molecule has 19 heavy (non-hydrogen) atoms. The largest absolute Gasteiger partial charge is 0.356 e. The fourth-order valence-corrected chi connectivity index (χ4v) is 2.51. The Balaban J connectivity index is 2.26. The Bertz CT molecular complexity index is 272. The Labute approximate surface area is 119 Å². The van der Waals surface area contributed by atoms with Gasteiger partial charge in [-0.15, -0.1) is 0 Å². The topological polar surface area (TPSA) is 39.7 Å². The molecule has 1 fully saturated rings. The van der Waals surface area contributed by atoms with E-state index in [0.717, 1.165) is 18.4 Å². The van der Waals surface area contributed by atoms with Gasteiger partial charge in [-0.1, -0.05) is 6.92 Å². The number of piperidine rings is 1. The van der Waals surface area contributed by atoms with Crippen LogP contribution in [0.1, 0.15) is 47.0 Å². The molecule has 112 valence electrons. The number of hydrogen-bond donors (Lipinski definition) is 2. The second kappa shape index (κ2) is 7.73. The zero-order chi connectivity index (χ0) is 14.3. The van der Waals surface area contributed by atoms with Crippen LogP contribution in [0.3, 0.4) is 0 Å². The van der Waals surface area contributed by atoms with Crippen molar-refractivity contribution >= 4 is 5.96 Å². The maximum Gasteiger partial charge on any atom is 0.191 e. The minimum absolute atomic E-state index is 0.0618. The highest BCUT2D eigenvalue weighted by molar-refractivity contribution is 5.80. The molecule has 2 N–H and O–H groups in total. The van der Waals surface area contributed by atoms with Crippen LogP contribution in [0.5, 0.6) is 0 Å². The lowest BCUT2D eigenvalue weighted by Crippen LogP contribution is -2.49. The highest BCUT2D eigenvalue weighted by atomic mass is 15.2. The van der Waals surface area contributed by atoms with Gasteiger partial charge in [-0.05, 0) is 65.6 Å². The summed E-state index contributed by atoms with van der Waals surface area (Å²) in [4.78, 5) is 6.87. The molecular formula is C15H32N4. The van der Waals surface area contributed by atoms with E-state index in [1.807, 2.05) is 7.05 Å². The van der Waals surface area contributed by atoms with Gasteiger partial charge in [0.2, 0.25) is 0 Å². The molecule has 0 spiro atoms. The van der Waals surface area contributed by atoms with Gasteiger partial charge in [0.25, 0.3) is 0 Å². The molecule has 1 rings (SSSR count). The fourth-order valence-electron chi connectivity index (χ4n) is 2.51. The summed E-state index contributed by atoms with van der Waals surface area (Å²) in [6.45, 7) is 13.5. The minimum Gasteiger partial charge on any atom is -0.356 e. The second-order valence-electron chi connectivity index (χ2n) is 6.61. The third kappa shape index (κ3) is 6.81. The highest BCUT2D eigenvalue weighted by Gasteiger charge is 2.19. The molecule has 1 aliphatic rings. The summed E-state index contributed by atoms with van der Waals surface area (Å²) in [5.41, 5.74) is 0.0618. The maximum atomic E-state index is 4.29. The van der Waals surface area contributed by atoms with Crippen LogP contribution in [0.25, 0.3) is 0 Å². The Morgan fingerprint density at radius 3 is 2.37 bits per heavy atom. The van der Waals surface area contributed by atoms with Crippen LogP contribution in [0.4, 0.5) is 0 Å². The molecule has 0 aromatic heterocycles. The van der Waals surface area contributed by atoms with Gasteiger partial charge in [-0.3, -0.25) is 4.99 Å².